The van der Waals surface area contributed by atoms with Crippen LogP contribution in [0.25, 0.3) is 0 Å². The second-order valence-corrected chi connectivity index (χ2v) is 6.58. The van der Waals surface area contributed by atoms with Crippen LogP contribution < -0.4 is 15.4 Å². The number of benzene rings is 2. The molecule has 0 bridgehead atoms. The fourth-order valence-electron chi connectivity index (χ4n) is 2.96. The Hall–Kier alpha value is -2.82. The van der Waals surface area contributed by atoms with E-state index in [1.807, 2.05) is 58.0 Å². The molecule has 0 fully saturated rings. The molecule has 2 aromatic carbocycles. The molecule has 0 aliphatic rings. The second kappa shape index (κ2) is 8.52. The molecule has 2 aromatic rings. The van der Waals surface area contributed by atoms with Crippen molar-refractivity contribution in [3.05, 3.63) is 58.1 Å². The Balaban J connectivity index is 1.90. The molecule has 0 spiro atoms. The second-order valence-electron chi connectivity index (χ2n) is 6.58. The van der Waals surface area contributed by atoms with E-state index < -0.39 is 0 Å². The Labute approximate surface area is 154 Å². The fraction of sp³-hybridized carbons (Fsp3) is 0.333. The van der Waals surface area contributed by atoms with Crippen molar-refractivity contribution in [2.24, 2.45) is 0 Å². The zero-order valence-corrected chi connectivity index (χ0v) is 16.0. The van der Waals surface area contributed by atoms with Gasteiger partial charge in [-0.15, -0.1) is 0 Å². The van der Waals surface area contributed by atoms with Gasteiger partial charge < -0.3 is 15.4 Å². The fourth-order valence-corrected chi connectivity index (χ4v) is 2.96. The van der Waals surface area contributed by atoms with Gasteiger partial charge in [0.2, 0.25) is 11.8 Å². The van der Waals surface area contributed by atoms with E-state index in [0.717, 1.165) is 39.3 Å². The van der Waals surface area contributed by atoms with Gasteiger partial charge in [-0.1, -0.05) is 29.8 Å². The van der Waals surface area contributed by atoms with Crippen molar-refractivity contribution in [3.63, 3.8) is 0 Å². The van der Waals surface area contributed by atoms with Crippen LogP contribution in [-0.4, -0.2) is 25.5 Å². The first-order chi connectivity index (χ1) is 12.3. The summed E-state index contributed by atoms with van der Waals surface area (Å²) in [6, 6.07) is 9.68. The lowest BCUT2D eigenvalue weighted by Crippen LogP contribution is -2.34. The minimum Gasteiger partial charge on any atom is -0.496 e. The highest BCUT2D eigenvalue weighted by molar-refractivity contribution is 5.96. The number of rotatable bonds is 6. The van der Waals surface area contributed by atoms with Crippen LogP contribution in [0, 0.1) is 27.7 Å². The molecule has 2 rings (SSSR count). The molecule has 138 valence electrons. The van der Waals surface area contributed by atoms with Gasteiger partial charge in [0.25, 0.3) is 0 Å². The predicted octanol–water partition coefficient (Wildman–Crippen LogP) is 3.23. The van der Waals surface area contributed by atoms with Gasteiger partial charge in [0.15, 0.2) is 0 Å². The van der Waals surface area contributed by atoms with Crippen LogP contribution in [0.15, 0.2) is 30.3 Å². The summed E-state index contributed by atoms with van der Waals surface area (Å²) >= 11 is 0. The summed E-state index contributed by atoms with van der Waals surface area (Å²) in [4.78, 5) is 24.3. The van der Waals surface area contributed by atoms with Gasteiger partial charge in [0.05, 0.1) is 20.1 Å². The van der Waals surface area contributed by atoms with E-state index in [2.05, 4.69) is 10.6 Å². The third-order valence-electron chi connectivity index (χ3n) is 4.22. The van der Waals surface area contributed by atoms with E-state index in [1.54, 1.807) is 7.11 Å². The molecular formula is C21H26N2O3. The van der Waals surface area contributed by atoms with Crippen molar-refractivity contribution in [2.75, 3.05) is 19.0 Å². The van der Waals surface area contributed by atoms with Gasteiger partial charge in [-0.25, -0.2) is 0 Å². The van der Waals surface area contributed by atoms with Gasteiger partial charge in [0.1, 0.15) is 5.75 Å². The molecule has 0 atom stereocenters. The van der Waals surface area contributed by atoms with Crippen LogP contribution in [0.1, 0.15) is 27.8 Å². The summed E-state index contributed by atoms with van der Waals surface area (Å²) in [6.45, 7) is 7.82. The normalized spacial score (nSPS) is 10.3. The minimum atomic E-state index is -0.241. The SMILES string of the molecule is COc1cc(CC(=O)NCC(=O)Nc2c(C)cc(C)cc2C)ccc1C. The number of aryl methyl sites for hydroxylation is 4. The first-order valence-electron chi connectivity index (χ1n) is 8.58. The van der Waals surface area contributed by atoms with Crippen LogP contribution >= 0.6 is 0 Å². The highest BCUT2D eigenvalue weighted by atomic mass is 16.5. The van der Waals surface area contributed by atoms with E-state index in [4.69, 9.17) is 4.74 Å². The number of ether oxygens (including phenoxy) is 1. The molecule has 5 heteroatoms. The van der Waals surface area contributed by atoms with Crippen molar-refractivity contribution >= 4 is 17.5 Å². The zero-order valence-electron chi connectivity index (χ0n) is 16.0. The van der Waals surface area contributed by atoms with Crippen LogP contribution in [0.2, 0.25) is 0 Å². The summed E-state index contributed by atoms with van der Waals surface area (Å²) in [7, 11) is 1.60. The smallest absolute Gasteiger partial charge is 0.243 e. The highest BCUT2D eigenvalue weighted by Crippen LogP contribution is 2.22. The molecule has 5 nitrogen and oxygen atoms in total. The molecule has 0 aliphatic heterocycles. The Morgan fingerprint density at radius 1 is 0.923 bits per heavy atom. The number of methoxy groups -OCH3 is 1. The molecular weight excluding hydrogens is 328 g/mol. The van der Waals surface area contributed by atoms with E-state index in [9.17, 15) is 9.59 Å². The Bertz CT molecular complexity index is 805. The highest BCUT2D eigenvalue weighted by Gasteiger charge is 2.11. The third-order valence-corrected chi connectivity index (χ3v) is 4.22. The van der Waals surface area contributed by atoms with E-state index >= 15 is 0 Å². The van der Waals surface area contributed by atoms with Crippen molar-refractivity contribution in [1.82, 2.24) is 5.32 Å². The van der Waals surface area contributed by atoms with Crippen LogP contribution in [0.3, 0.4) is 0 Å². The molecule has 0 aromatic heterocycles. The van der Waals surface area contributed by atoms with Crippen molar-refractivity contribution in [3.8, 4) is 5.75 Å². The Morgan fingerprint density at radius 3 is 2.19 bits per heavy atom. The first-order valence-corrected chi connectivity index (χ1v) is 8.58. The average molecular weight is 354 g/mol. The molecule has 0 heterocycles. The summed E-state index contributed by atoms with van der Waals surface area (Å²) in [5, 5.41) is 5.54. The summed E-state index contributed by atoms with van der Waals surface area (Å²) in [5.74, 6) is 0.302. The lowest BCUT2D eigenvalue weighted by Gasteiger charge is -2.13. The number of hydrogen-bond acceptors (Lipinski definition) is 3. The van der Waals surface area contributed by atoms with Gasteiger partial charge in [0, 0.05) is 5.69 Å². The number of carbonyl (C=O) groups excluding carboxylic acids is 2. The summed E-state index contributed by atoms with van der Waals surface area (Å²) in [5.41, 5.74) is 5.83. The first kappa shape index (κ1) is 19.5. The summed E-state index contributed by atoms with van der Waals surface area (Å²) in [6.07, 6.45) is 0.201. The Morgan fingerprint density at radius 2 is 1.58 bits per heavy atom. The quantitative estimate of drug-likeness (QED) is 0.837. The average Bonchev–Trinajstić information content (AvgIpc) is 2.58. The maximum absolute atomic E-state index is 12.2. The molecule has 0 saturated carbocycles. The number of amides is 2. The van der Waals surface area contributed by atoms with Crippen LogP contribution in [0.4, 0.5) is 5.69 Å². The number of anilines is 1. The summed E-state index contributed by atoms with van der Waals surface area (Å²) < 4.78 is 5.27. The number of hydrogen-bond donors (Lipinski definition) is 2. The molecule has 0 radical (unpaired) electrons. The lowest BCUT2D eigenvalue weighted by atomic mass is 10.1. The van der Waals surface area contributed by atoms with Gasteiger partial charge in [-0.2, -0.15) is 0 Å². The van der Waals surface area contributed by atoms with Crippen molar-refractivity contribution in [1.29, 1.82) is 0 Å². The topological polar surface area (TPSA) is 67.4 Å². The van der Waals surface area contributed by atoms with Gasteiger partial charge in [-0.05, 0) is 56.0 Å². The van der Waals surface area contributed by atoms with E-state index in [-0.39, 0.29) is 24.8 Å². The molecule has 2 N–H and O–H groups in total. The van der Waals surface area contributed by atoms with E-state index in [1.165, 1.54) is 0 Å². The van der Waals surface area contributed by atoms with E-state index in [0.29, 0.717) is 0 Å². The predicted molar refractivity (Wildman–Crippen MR) is 104 cm³/mol. The molecule has 0 unspecified atom stereocenters. The minimum absolute atomic E-state index is 0.0609. The van der Waals surface area contributed by atoms with Gasteiger partial charge >= 0.3 is 0 Å². The molecule has 2 amide bonds. The maximum Gasteiger partial charge on any atom is 0.243 e. The van der Waals surface area contributed by atoms with Gasteiger partial charge in [-0.3, -0.25) is 9.59 Å². The Kier molecular flexibility index (Phi) is 6.39. The molecule has 0 saturated heterocycles. The number of nitrogens with one attached hydrogen (secondary N) is 2. The molecule has 26 heavy (non-hydrogen) atoms. The van der Waals surface area contributed by atoms with Crippen molar-refractivity contribution < 1.29 is 14.3 Å². The van der Waals surface area contributed by atoms with Crippen LogP contribution in [0.5, 0.6) is 5.75 Å². The zero-order chi connectivity index (χ0) is 19.3. The monoisotopic (exact) mass is 354 g/mol. The standard InChI is InChI=1S/C21H26N2O3/c1-13-8-15(3)21(16(4)9-13)23-20(25)12-22-19(24)11-17-7-6-14(2)18(10-17)26-5/h6-10H,11-12H2,1-5H3,(H,22,24)(H,23,25). The third kappa shape index (κ3) is 5.09. The lowest BCUT2D eigenvalue weighted by molar-refractivity contribution is -0.123. The van der Waals surface area contributed by atoms with Crippen molar-refractivity contribution in [2.45, 2.75) is 34.1 Å². The maximum atomic E-state index is 12.2. The van der Waals surface area contributed by atoms with Crippen LogP contribution in [-0.2, 0) is 16.0 Å². The molecule has 0 aliphatic carbocycles. The largest absolute Gasteiger partial charge is 0.496 e. The number of carbonyl (C=O) groups is 2.